The Morgan fingerprint density at radius 2 is 2.33 bits per heavy atom. The molecule has 0 radical (unpaired) electrons. The number of hydrogen-bond acceptors (Lipinski definition) is 3. The first-order chi connectivity index (χ1) is 5.75. The van der Waals surface area contributed by atoms with Crippen LogP contribution >= 0.6 is 0 Å². The molecule has 72 valence electrons. The third kappa shape index (κ3) is 2.44. The van der Waals surface area contributed by atoms with Crippen LogP contribution in [0, 0.1) is 0 Å². The lowest BCUT2D eigenvalue weighted by molar-refractivity contribution is -0.0296. The zero-order valence-corrected chi connectivity index (χ0v) is 7.99. The van der Waals surface area contributed by atoms with Crippen molar-refractivity contribution in [3.63, 3.8) is 0 Å². The van der Waals surface area contributed by atoms with Gasteiger partial charge in [0, 0.05) is 25.2 Å². The van der Waals surface area contributed by atoms with Gasteiger partial charge in [-0.15, -0.1) is 0 Å². The number of nitrogens with zero attached hydrogens (tertiary/aromatic N) is 1. The topological polar surface area (TPSA) is 32.7 Å². The third-order valence-corrected chi connectivity index (χ3v) is 2.40. The van der Waals surface area contributed by atoms with Crippen molar-refractivity contribution >= 4 is 0 Å². The first-order valence-corrected chi connectivity index (χ1v) is 4.70. The van der Waals surface area contributed by atoms with E-state index in [1.165, 1.54) is 0 Å². The van der Waals surface area contributed by atoms with Crippen LogP contribution in [0.15, 0.2) is 0 Å². The second-order valence-electron chi connectivity index (χ2n) is 3.57. The van der Waals surface area contributed by atoms with Gasteiger partial charge in [0.2, 0.25) is 0 Å². The van der Waals surface area contributed by atoms with E-state index in [-0.39, 0.29) is 6.61 Å². The first kappa shape index (κ1) is 9.96. The molecule has 1 aliphatic rings. The second kappa shape index (κ2) is 4.80. The Balaban J connectivity index is 2.42. The fourth-order valence-electron chi connectivity index (χ4n) is 1.75. The molecule has 3 nitrogen and oxygen atoms in total. The van der Waals surface area contributed by atoms with Crippen LogP contribution < -0.4 is 0 Å². The molecule has 1 unspecified atom stereocenters. The molecule has 1 heterocycles. The van der Waals surface area contributed by atoms with Gasteiger partial charge in [0.1, 0.15) is 0 Å². The van der Waals surface area contributed by atoms with Crippen LogP contribution in [0.4, 0.5) is 0 Å². The zero-order valence-electron chi connectivity index (χ0n) is 7.99. The predicted molar refractivity (Wildman–Crippen MR) is 48.2 cm³/mol. The standard InChI is InChI=1S/C9H19NO2/c1-8(2)10-4-6-12-7-9(10)3-5-11/h8-9,11H,3-7H2,1-2H3. The van der Waals surface area contributed by atoms with Crippen LogP contribution in [0.1, 0.15) is 20.3 Å². The van der Waals surface area contributed by atoms with Gasteiger partial charge < -0.3 is 9.84 Å². The Labute approximate surface area is 74.3 Å². The molecule has 12 heavy (non-hydrogen) atoms. The summed E-state index contributed by atoms with van der Waals surface area (Å²) in [6, 6.07) is 0.981. The van der Waals surface area contributed by atoms with Gasteiger partial charge in [-0.25, -0.2) is 0 Å². The van der Waals surface area contributed by atoms with Crippen LogP contribution in [-0.2, 0) is 4.74 Å². The number of morpholine rings is 1. The Morgan fingerprint density at radius 1 is 1.58 bits per heavy atom. The van der Waals surface area contributed by atoms with Crippen LogP contribution in [0.5, 0.6) is 0 Å². The summed E-state index contributed by atoms with van der Waals surface area (Å²) < 4.78 is 5.36. The van der Waals surface area contributed by atoms with Gasteiger partial charge in [-0.05, 0) is 20.3 Å². The van der Waals surface area contributed by atoms with Crippen molar-refractivity contribution in [3.05, 3.63) is 0 Å². The molecule has 1 fully saturated rings. The molecule has 1 atom stereocenters. The highest BCUT2D eigenvalue weighted by Crippen LogP contribution is 2.13. The van der Waals surface area contributed by atoms with E-state index < -0.39 is 0 Å². The molecule has 0 amide bonds. The Kier molecular flexibility index (Phi) is 3.98. The summed E-state index contributed by atoms with van der Waals surface area (Å²) in [5.41, 5.74) is 0. The summed E-state index contributed by atoms with van der Waals surface area (Å²) in [6.07, 6.45) is 0.832. The van der Waals surface area contributed by atoms with Crippen LogP contribution in [0.2, 0.25) is 0 Å². The van der Waals surface area contributed by atoms with Crippen molar-refractivity contribution in [2.75, 3.05) is 26.4 Å². The molecule has 0 aromatic rings. The van der Waals surface area contributed by atoms with Crippen molar-refractivity contribution in [1.82, 2.24) is 4.90 Å². The zero-order chi connectivity index (χ0) is 8.97. The van der Waals surface area contributed by atoms with E-state index in [0.717, 1.165) is 26.2 Å². The maximum absolute atomic E-state index is 8.84. The Bertz CT molecular complexity index is 126. The van der Waals surface area contributed by atoms with E-state index in [4.69, 9.17) is 9.84 Å². The van der Waals surface area contributed by atoms with Crippen molar-refractivity contribution < 1.29 is 9.84 Å². The molecular formula is C9H19NO2. The summed E-state index contributed by atoms with van der Waals surface area (Å²) in [5, 5.41) is 8.84. The third-order valence-electron chi connectivity index (χ3n) is 2.40. The average molecular weight is 173 g/mol. The lowest BCUT2D eigenvalue weighted by atomic mass is 10.1. The molecule has 0 saturated carbocycles. The molecule has 0 spiro atoms. The summed E-state index contributed by atoms with van der Waals surface area (Å²) in [4.78, 5) is 2.40. The van der Waals surface area contributed by atoms with Gasteiger partial charge in [0.15, 0.2) is 0 Å². The minimum Gasteiger partial charge on any atom is -0.396 e. The maximum Gasteiger partial charge on any atom is 0.0623 e. The predicted octanol–water partition coefficient (Wildman–Crippen LogP) is 0.478. The van der Waals surface area contributed by atoms with E-state index in [9.17, 15) is 0 Å². The SMILES string of the molecule is CC(C)N1CCOCC1CCO. The highest BCUT2D eigenvalue weighted by atomic mass is 16.5. The van der Waals surface area contributed by atoms with Crippen molar-refractivity contribution in [2.24, 2.45) is 0 Å². The Morgan fingerprint density at radius 3 is 2.92 bits per heavy atom. The van der Waals surface area contributed by atoms with Crippen molar-refractivity contribution in [3.8, 4) is 0 Å². The molecule has 0 bridgehead atoms. The molecular weight excluding hydrogens is 154 g/mol. The fraction of sp³-hybridized carbons (Fsp3) is 1.00. The molecule has 3 heteroatoms. The molecule has 0 aliphatic carbocycles. The maximum atomic E-state index is 8.84. The molecule has 1 N–H and O–H groups in total. The summed E-state index contributed by atoms with van der Waals surface area (Å²) in [6.45, 7) is 7.25. The molecule has 0 aromatic heterocycles. The van der Waals surface area contributed by atoms with Gasteiger partial charge >= 0.3 is 0 Å². The molecule has 1 saturated heterocycles. The minimum atomic E-state index is 0.261. The second-order valence-corrected chi connectivity index (χ2v) is 3.57. The summed E-state index contributed by atoms with van der Waals surface area (Å²) in [5.74, 6) is 0. The highest BCUT2D eigenvalue weighted by Gasteiger charge is 2.23. The van der Waals surface area contributed by atoms with Crippen LogP contribution in [0.25, 0.3) is 0 Å². The van der Waals surface area contributed by atoms with E-state index in [2.05, 4.69) is 18.7 Å². The van der Waals surface area contributed by atoms with E-state index >= 15 is 0 Å². The van der Waals surface area contributed by atoms with Crippen molar-refractivity contribution in [1.29, 1.82) is 0 Å². The van der Waals surface area contributed by atoms with Gasteiger partial charge in [0.05, 0.1) is 13.2 Å². The van der Waals surface area contributed by atoms with Crippen molar-refractivity contribution in [2.45, 2.75) is 32.4 Å². The highest BCUT2D eigenvalue weighted by molar-refractivity contribution is 4.77. The lowest BCUT2D eigenvalue weighted by Gasteiger charge is -2.38. The normalized spacial score (nSPS) is 26.5. The number of ether oxygens (including phenoxy) is 1. The smallest absolute Gasteiger partial charge is 0.0623 e. The molecule has 1 rings (SSSR count). The number of aliphatic hydroxyl groups is 1. The van der Waals surface area contributed by atoms with Gasteiger partial charge in [0.25, 0.3) is 0 Å². The van der Waals surface area contributed by atoms with E-state index in [1.807, 2.05) is 0 Å². The monoisotopic (exact) mass is 173 g/mol. The molecule has 1 aliphatic heterocycles. The van der Waals surface area contributed by atoms with Gasteiger partial charge in [-0.2, -0.15) is 0 Å². The van der Waals surface area contributed by atoms with E-state index in [0.29, 0.717) is 12.1 Å². The van der Waals surface area contributed by atoms with Crippen LogP contribution in [0.3, 0.4) is 0 Å². The summed E-state index contributed by atoms with van der Waals surface area (Å²) in [7, 11) is 0. The number of hydrogen-bond donors (Lipinski definition) is 1. The lowest BCUT2D eigenvalue weighted by Crippen LogP contribution is -2.49. The first-order valence-electron chi connectivity index (χ1n) is 4.70. The van der Waals surface area contributed by atoms with Gasteiger partial charge in [-0.3, -0.25) is 4.90 Å². The largest absolute Gasteiger partial charge is 0.396 e. The minimum absolute atomic E-state index is 0.261. The van der Waals surface area contributed by atoms with Crippen LogP contribution in [-0.4, -0.2) is 48.5 Å². The van der Waals surface area contributed by atoms with Gasteiger partial charge in [-0.1, -0.05) is 0 Å². The average Bonchev–Trinajstić information content (AvgIpc) is 2.05. The number of rotatable bonds is 3. The van der Waals surface area contributed by atoms with E-state index in [1.54, 1.807) is 0 Å². The molecule has 0 aromatic carbocycles. The Hall–Kier alpha value is -0.120. The summed E-state index contributed by atoms with van der Waals surface area (Å²) >= 11 is 0. The quantitative estimate of drug-likeness (QED) is 0.673. The fourth-order valence-corrected chi connectivity index (χ4v) is 1.75. The number of aliphatic hydroxyl groups excluding tert-OH is 1.